The van der Waals surface area contributed by atoms with Crippen LogP contribution in [0.25, 0.3) is 0 Å². The minimum absolute atomic E-state index is 0. The third-order valence-corrected chi connectivity index (χ3v) is 4.42. The van der Waals surface area contributed by atoms with Gasteiger partial charge in [0.15, 0.2) is 0 Å². The number of rotatable bonds is 9. The standard InChI is InChI=1S/C12H19O5PS.Li/c1-16-10-12(8-5-9-17-19(13,14)15)18-11-6-3-2-4-7-11;/h2-4,6-7,12,18H,5,8-10H2,1H3,(H,13,14,15);/q;+1/p-1/t12-;/m1./s1. The second-order valence-corrected chi connectivity index (χ2v) is 6.77. The molecule has 0 saturated carbocycles. The monoisotopic (exact) mass is 312 g/mol. The molecule has 0 bridgehead atoms. The van der Waals surface area contributed by atoms with Crippen LogP contribution in [0.4, 0.5) is 0 Å². The van der Waals surface area contributed by atoms with Gasteiger partial charge in [0.25, 0.3) is 0 Å². The van der Waals surface area contributed by atoms with E-state index in [1.165, 1.54) is 5.30 Å². The van der Waals surface area contributed by atoms with Gasteiger partial charge in [0.05, 0.1) is 13.2 Å². The van der Waals surface area contributed by atoms with E-state index in [0.717, 1.165) is 6.42 Å². The predicted octanol–water partition coefficient (Wildman–Crippen LogP) is -1.73. The minimum Gasteiger partial charge on any atom is -0.726 e. The molecule has 2 atom stereocenters. The van der Waals surface area contributed by atoms with E-state index in [0.29, 0.717) is 27.3 Å². The Kier molecular flexibility index (Phi) is 10.8. The quantitative estimate of drug-likeness (QED) is 0.178. The fourth-order valence-electron chi connectivity index (χ4n) is 1.66. The zero-order valence-electron chi connectivity index (χ0n) is 11.7. The van der Waals surface area contributed by atoms with Crippen LogP contribution < -0.4 is 24.2 Å². The topological polar surface area (TPSA) is 75.7 Å². The van der Waals surface area contributed by atoms with E-state index in [1.807, 2.05) is 18.2 Å². The Bertz CT molecular complexity index is 454. The van der Waals surface area contributed by atoms with Crippen molar-refractivity contribution in [1.29, 1.82) is 0 Å². The molecule has 0 amide bonds. The van der Waals surface area contributed by atoms with Crippen molar-refractivity contribution in [3.63, 3.8) is 0 Å². The van der Waals surface area contributed by atoms with Gasteiger partial charge in [0.2, 0.25) is 10.4 Å². The van der Waals surface area contributed by atoms with E-state index in [2.05, 4.69) is 16.3 Å². The Morgan fingerprint density at radius 1 is 1.30 bits per heavy atom. The summed E-state index contributed by atoms with van der Waals surface area (Å²) in [6.45, 7) is 0.544. The third kappa shape index (κ3) is 9.90. The molecule has 108 valence electrons. The summed E-state index contributed by atoms with van der Waals surface area (Å²) in [6, 6.07) is 10.0. The normalized spacial score (nSPS) is 13.3. The summed E-state index contributed by atoms with van der Waals surface area (Å²) in [6.07, 6.45) is 1.28. The summed E-state index contributed by atoms with van der Waals surface area (Å²) >= 11 is 0. The van der Waals surface area contributed by atoms with Crippen molar-refractivity contribution in [2.45, 2.75) is 18.5 Å². The molecule has 0 aliphatic carbocycles. The maximum atomic E-state index is 10.3. The number of ether oxygens (including phenoxy) is 1. The van der Waals surface area contributed by atoms with Crippen molar-refractivity contribution in [1.82, 2.24) is 0 Å². The van der Waals surface area contributed by atoms with Gasteiger partial charge in [0, 0.05) is 12.8 Å². The van der Waals surface area contributed by atoms with E-state index in [9.17, 15) is 13.0 Å². The van der Waals surface area contributed by atoms with Crippen LogP contribution in [-0.2, 0) is 19.3 Å². The molecule has 0 aliphatic heterocycles. The van der Waals surface area contributed by atoms with Gasteiger partial charge in [-0.15, -0.1) is 0 Å². The van der Waals surface area contributed by atoms with Gasteiger partial charge in [-0.05, 0) is 18.1 Å². The SMILES string of the molecule is COC[C@@H](CCCOS(=O)(=O)[O-])Pc1ccccc1.[Li+]. The van der Waals surface area contributed by atoms with Crippen LogP contribution in [0, 0.1) is 0 Å². The van der Waals surface area contributed by atoms with Crippen LogP contribution in [0.15, 0.2) is 30.3 Å². The van der Waals surface area contributed by atoms with E-state index < -0.39 is 10.4 Å². The zero-order valence-corrected chi connectivity index (χ0v) is 13.6. The molecule has 0 fully saturated rings. The van der Waals surface area contributed by atoms with E-state index in [1.54, 1.807) is 7.11 Å². The first-order valence-electron chi connectivity index (χ1n) is 5.92. The fourth-order valence-corrected chi connectivity index (χ4v) is 3.44. The third-order valence-electron chi connectivity index (χ3n) is 2.44. The number of benzene rings is 1. The molecule has 0 aliphatic rings. The summed E-state index contributed by atoms with van der Waals surface area (Å²) in [7, 11) is -2.34. The Balaban J connectivity index is 0.00000361. The molecule has 0 heterocycles. The number of methoxy groups -OCH3 is 1. The van der Waals surface area contributed by atoms with Crippen molar-refractivity contribution in [2.24, 2.45) is 0 Å². The molecule has 0 radical (unpaired) electrons. The average molecular weight is 312 g/mol. The van der Waals surface area contributed by atoms with Crippen LogP contribution in [0.3, 0.4) is 0 Å². The number of hydrogen-bond acceptors (Lipinski definition) is 5. The molecule has 20 heavy (non-hydrogen) atoms. The first-order chi connectivity index (χ1) is 9.01. The van der Waals surface area contributed by atoms with Crippen molar-refractivity contribution in [2.75, 3.05) is 20.3 Å². The van der Waals surface area contributed by atoms with Crippen LogP contribution in [0.2, 0.25) is 0 Å². The Labute approximate surface area is 134 Å². The van der Waals surface area contributed by atoms with E-state index in [-0.39, 0.29) is 25.5 Å². The summed E-state index contributed by atoms with van der Waals surface area (Å²) in [5.41, 5.74) is 0.311. The van der Waals surface area contributed by atoms with Gasteiger partial charge in [-0.3, -0.25) is 4.18 Å². The first kappa shape index (κ1) is 20.1. The molecule has 1 rings (SSSR count). The van der Waals surface area contributed by atoms with Gasteiger partial charge in [-0.2, -0.15) is 0 Å². The molecule has 0 aromatic heterocycles. The van der Waals surface area contributed by atoms with Gasteiger partial charge in [0.1, 0.15) is 0 Å². The second kappa shape index (κ2) is 10.8. The Morgan fingerprint density at radius 2 is 1.95 bits per heavy atom. The molecule has 0 spiro atoms. The maximum Gasteiger partial charge on any atom is 1.00 e. The molecular formula is C12H18LiO5PS. The van der Waals surface area contributed by atoms with E-state index in [4.69, 9.17) is 4.74 Å². The molecule has 5 nitrogen and oxygen atoms in total. The van der Waals surface area contributed by atoms with E-state index >= 15 is 0 Å². The van der Waals surface area contributed by atoms with Crippen LogP contribution in [0.1, 0.15) is 12.8 Å². The Hall–Kier alpha value is 0.0774. The van der Waals surface area contributed by atoms with Gasteiger partial charge in [-0.1, -0.05) is 38.9 Å². The van der Waals surface area contributed by atoms with Gasteiger partial charge >= 0.3 is 18.9 Å². The molecule has 1 aromatic carbocycles. The average Bonchev–Trinajstić information content (AvgIpc) is 2.35. The van der Waals surface area contributed by atoms with Crippen molar-refractivity contribution < 1.29 is 40.8 Å². The molecular weight excluding hydrogens is 294 g/mol. The Morgan fingerprint density at radius 3 is 2.50 bits per heavy atom. The second-order valence-electron chi connectivity index (χ2n) is 4.04. The minimum atomic E-state index is -4.57. The van der Waals surface area contributed by atoms with Crippen molar-refractivity contribution in [3.8, 4) is 0 Å². The smallest absolute Gasteiger partial charge is 0.726 e. The molecule has 1 aromatic rings. The van der Waals surface area contributed by atoms with Crippen LogP contribution in [0.5, 0.6) is 0 Å². The largest absolute Gasteiger partial charge is 1.00 e. The van der Waals surface area contributed by atoms with Crippen LogP contribution >= 0.6 is 8.58 Å². The van der Waals surface area contributed by atoms with Crippen LogP contribution in [-0.4, -0.2) is 39.0 Å². The first-order valence-corrected chi connectivity index (χ1v) is 8.33. The van der Waals surface area contributed by atoms with Gasteiger partial charge in [-0.25, -0.2) is 8.42 Å². The number of hydrogen-bond donors (Lipinski definition) is 0. The van der Waals surface area contributed by atoms with Crippen molar-refractivity contribution >= 4 is 24.3 Å². The predicted molar refractivity (Wildman–Crippen MR) is 74.9 cm³/mol. The molecule has 1 unspecified atom stereocenters. The molecule has 0 N–H and O–H groups in total. The summed E-state index contributed by atoms with van der Waals surface area (Å²) in [4.78, 5) is 0. The van der Waals surface area contributed by atoms with Gasteiger partial charge < -0.3 is 9.29 Å². The summed E-state index contributed by atoms with van der Waals surface area (Å²) in [5.74, 6) is 0. The summed E-state index contributed by atoms with van der Waals surface area (Å²) in [5, 5.41) is 1.24. The van der Waals surface area contributed by atoms with Crippen molar-refractivity contribution in [3.05, 3.63) is 30.3 Å². The zero-order chi connectivity index (χ0) is 14.1. The summed E-state index contributed by atoms with van der Waals surface area (Å²) < 4.78 is 40.2. The molecule has 0 saturated heterocycles. The fraction of sp³-hybridized carbons (Fsp3) is 0.500. The maximum absolute atomic E-state index is 10.3. The molecule has 8 heteroatoms.